The Kier molecular flexibility index (Phi) is 4.18. The van der Waals surface area contributed by atoms with Crippen LogP contribution in [-0.2, 0) is 11.3 Å². The van der Waals surface area contributed by atoms with Crippen molar-refractivity contribution in [1.29, 1.82) is 0 Å². The van der Waals surface area contributed by atoms with E-state index in [-0.39, 0.29) is 12.0 Å². The quantitative estimate of drug-likeness (QED) is 0.923. The van der Waals surface area contributed by atoms with Gasteiger partial charge < -0.3 is 15.0 Å². The van der Waals surface area contributed by atoms with Crippen LogP contribution in [0.3, 0.4) is 0 Å². The SMILES string of the molecule is Cc1cc2c(nc1N1CCC(OCC(F)(F)F)CC1)CNC2=O. The number of piperidine rings is 1. The predicted molar refractivity (Wildman–Crippen MR) is 77.4 cm³/mol. The molecule has 3 rings (SSSR count). The number of aryl methyl sites for hydroxylation is 1. The van der Waals surface area contributed by atoms with Crippen LogP contribution in [-0.4, -0.2) is 42.9 Å². The number of alkyl halides is 3. The van der Waals surface area contributed by atoms with Crippen LogP contribution >= 0.6 is 0 Å². The fraction of sp³-hybridized carbons (Fsp3) is 0.600. The number of ether oxygens (including phenoxy) is 1. The molecule has 2 aliphatic heterocycles. The van der Waals surface area contributed by atoms with E-state index >= 15 is 0 Å². The molecule has 1 aromatic rings. The summed E-state index contributed by atoms with van der Waals surface area (Å²) in [5.41, 5.74) is 2.23. The second-order valence-corrected chi connectivity index (χ2v) is 5.92. The average Bonchev–Trinajstić information content (AvgIpc) is 2.85. The van der Waals surface area contributed by atoms with Gasteiger partial charge in [-0.25, -0.2) is 4.98 Å². The first-order valence-electron chi connectivity index (χ1n) is 7.55. The van der Waals surface area contributed by atoms with E-state index in [1.165, 1.54) is 0 Å². The van der Waals surface area contributed by atoms with Gasteiger partial charge in [0.2, 0.25) is 0 Å². The number of halogens is 3. The molecule has 0 bridgehead atoms. The number of rotatable bonds is 3. The molecule has 0 spiro atoms. The van der Waals surface area contributed by atoms with Crippen molar-refractivity contribution >= 4 is 11.7 Å². The standard InChI is InChI=1S/C15H18F3N3O2/c1-9-6-11-12(7-19-14(11)22)20-13(9)21-4-2-10(3-5-21)23-8-15(16,17)18/h6,10H,2-5,7-8H2,1H3,(H,19,22). The Labute approximate surface area is 131 Å². The molecule has 0 aliphatic carbocycles. The van der Waals surface area contributed by atoms with Gasteiger partial charge in [0.05, 0.1) is 23.9 Å². The third-order valence-electron chi connectivity index (χ3n) is 4.15. The molecule has 5 nitrogen and oxygen atoms in total. The highest BCUT2D eigenvalue weighted by Gasteiger charge is 2.31. The summed E-state index contributed by atoms with van der Waals surface area (Å²) in [5.74, 6) is 0.691. The number of nitrogens with zero attached hydrogens (tertiary/aromatic N) is 2. The zero-order chi connectivity index (χ0) is 16.6. The normalized spacial score (nSPS) is 19.0. The summed E-state index contributed by atoms with van der Waals surface area (Å²) in [6, 6.07) is 1.83. The van der Waals surface area contributed by atoms with Gasteiger partial charge in [0.1, 0.15) is 12.4 Å². The minimum Gasteiger partial charge on any atom is -0.369 e. The molecule has 0 atom stereocenters. The van der Waals surface area contributed by atoms with Crippen molar-refractivity contribution in [2.24, 2.45) is 0 Å². The third kappa shape index (κ3) is 3.57. The lowest BCUT2D eigenvalue weighted by Crippen LogP contribution is -2.39. The Bertz CT molecular complexity index is 611. The number of hydrogen-bond donors (Lipinski definition) is 1. The van der Waals surface area contributed by atoms with Gasteiger partial charge in [0.25, 0.3) is 5.91 Å². The van der Waals surface area contributed by atoms with Crippen molar-refractivity contribution in [2.45, 2.75) is 38.6 Å². The number of fused-ring (bicyclic) bond motifs is 1. The molecule has 1 fully saturated rings. The number of carbonyl (C=O) groups excluding carboxylic acids is 1. The first-order valence-corrected chi connectivity index (χ1v) is 7.55. The second kappa shape index (κ2) is 5.99. The monoisotopic (exact) mass is 329 g/mol. The number of aromatic nitrogens is 1. The Morgan fingerprint density at radius 1 is 1.39 bits per heavy atom. The van der Waals surface area contributed by atoms with Crippen molar-refractivity contribution < 1.29 is 22.7 Å². The highest BCUT2D eigenvalue weighted by molar-refractivity contribution is 5.98. The van der Waals surface area contributed by atoms with Crippen molar-refractivity contribution in [2.75, 3.05) is 24.6 Å². The predicted octanol–water partition coefficient (Wildman–Crippen LogP) is 2.18. The molecule has 8 heteroatoms. The molecule has 3 heterocycles. The summed E-state index contributed by atoms with van der Waals surface area (Å²) in [5, 5.41) is 2.73. The van der Waals surface area contributed by atoms with Gasteiger partial charge in [0, 0.05) is 13.1 Å². The first-order chi connectivity index (χ1) is 10.8. The lowest BCUT2D eigenvalue weighted by atomic mass is 10.1. The lowest BCUT2D eigenvalue weighted by molar-refractivity contribution is -0.186. The number of hydrogen-bond acceptors (Lipinski definition) is 4. The van der Waals surface area contributed by atoms with Crippen LogP contribution in [0.15, 0.2) is 6.07 Å². The number of amides is 1. The molecule has 23 heavy (non-hydrogen) atoms. The van der Waals surface area contributed by atoms with Crippen LogP contribution < -0.4 is 10.2 Å². The van der Waals surface area contributed by atoms with Gasteiger partial charge in [-0.15, -0.1) is 0 Å². The summed E-state index contributed by atoms with van der Waals surface area (Å²) in [4.78, 5) is 18.2. The van der Waals surface area contributed by atoms with E-state index in [0.717, 1.165) is 17.1 Å². The molecular formula is C15H18F3N3O2. The molecule has 2 aliphatic rings. The van der Waals surface area contributed by atoms with E-state index in [1.54, 1.807) is 0 Å². The number of carbonyl (C=O) groups is 1. The number of nitrogens with one attached hydrogen (secondary N) is 1. The van der Waals surface area contributed by atoms with E-state index in [4.69, 9.17) is 4.74 Å². The van der Waals surface area contributed by atoms with Crippen molar-refractivity contribution in [3.05, 3.63) is 22.9 Å². The summed E-state index contributed by atoms with van der Waals surface area (Å²) in [7, 11) is 0. The maximum Gasteiger partial charge on any atom is 0.411 e. The van der Waals surface area contributed by atoms with E-state index in [1.807, 2.05) is 17.9 Å². The van der Waals surface area contributed by atoms with E-state index in [0.29, 0.717) is 38.0 Å². The van der Waals surface area contributed by atoms with Gasteiger partial charge in [-0.3, -0.25) is 4.79 Å². The highest BCUT2D eigenvalue weighted by atomic mass is 19.4. The lowest BCUT2D eigenvalue weighted by Gasteiger charge is -2.33. The molecular weight excluding hydrogens is 311 g/mol. The van der Waals surface area contributed by atoms with Crippen molar-refractivity contribution in [1.82, 2.24) is 10.3 Å². The summed E-state index contributed by atoms with van der Waals surface area (Å²) < 4.78 is 41.5. The molecule has 1 amide bonds. The molecule has 0 saturated carbocycles. The highest BCUT2D eigenvalue weighted by Crippen LogP contribution is 2.27. The van der Waals surface area contributed by atoms with Gasteiger partial charge in [-0.05, 0) is 31.4 Å². The van der Waals surface area contributed by atoms with E-state index in [2.05, 4.69) is 10.3 Å². The molecule has 0 unspecified atom stereocenters. The first kappa shape index (κ1) is 16.0. The number of pyridine rings is 1. The molecule has 126 valence electrons. The largest absolute Gasteiger partial charge is 0.411 e. The minimum absolute atomic E-state index is 0.110. The maximum atomic E-state index is 12.2. The molecule has 1 saturated heterocycles. The third-order valence-corrected chi connectivity index (χ3v) is 4.15. The molecule has 0 radical (unpaired) electrons. The summed E-state index contributed by atoms with van der Waals surface area (Å²) >= 11 is 0. The molecule has 1 aromatic heterocycles. The van der Waals surface area contributed by atoms with Crippen LogP contribution in [0, 0.1) is 6.92 Å². The molecule has 1 N–H and O–H groups in total. The minimum atomic E-state index is -4.28. The van der Waals surface area contributed by atoms with Gasteiger partial charge in [-0.2, -0.15) is 13.2 Å². The van der Waals surface area contributed by atoms with Crippen LogP contribution in [0.25, 0.3) is 0 Å². The zero-order valence-corrected chi connectivity index (χ0v) is 12.7. The van der Waals surface area contributed by atoms with Gasteiger partial charge in [0.15, 0.2) is 0 Å². The summed E-state index contributed by atoms with van der Waals surface area (Å²) in [6.07, 6.45) is -3.59. The van der Waals surface area contributed by atoms with Crippen molar-refractivity contribution in [3.8, 4) is 0 Å². The fourth-order valence-electron chi connectivity index (χ4n) is 3.00. The second-order valence-electron chi connectivity index (χ2n) is 5.92. The van der Waals surface area contributed by atoms with E-state index in [9.17, 15) is 18.0 Å². The van der Waals surface area contributed by atoms with Crippen LogP contribution in [0.2, 0.25) is 0 Å². The number of anilines is 1. The smallest absolute Gasteiger partial charge is 0.369 e. The Morgan fingerprint density at radius 2 is 2.09 bits per heavy atom. The van der Waals surface area contributed by atoms with E-state index < -0.39 is 12.8 Å². The topological polar surface area (TPSA) is 54.5 Å². The molecule has 0 aromatic carbocycles. The van der Waals surface area contributed by atoms with Crippen LogP contribution in [0.1, 0.15) is 34.5 Å². The maximum absolute atomic E-state index is 12.2. The van der Waals surface area contributed by atoms with Crippen molar-refractivity contribution in [3.63, 3.8) is 0 Å². The average molecular weight is 329 g/mol. The Morgan fingerprint density at radius 3 is 2.74 bits per heavy atom. The Hall–Kier alpha value is -1.83. The van der Waals surface area contributed by atoms with Gasteiger partial charge >= 0.3 is 6.18 Å². The zero-order valence-electron chi connectivity index (χ0n) is 12.7. The summed E-state index contributed by atoms with van der Waals surface area (Å²) in [6.45, 7) is 2.31. The van der Waals surface area contributed by atoms with Crippen LogP contribution in [0.5, 0.6) is 0 Å². The van der Waals surface area contributed by atoms with Crippen LogP contribution in [0.4, 0.5) is 19.0 Å². The van der Waals surface area contributed by atoms with Gasteiger partial charge in [-0.1, -0.05) is 0 Å². The fourth-order valence-corrected chi connectivity index (χ4v) is 3.00. The Balaban J connectivity index is 1.63.